The Hall–Kier alpha value is -1.58. The molecule has 0 saturated carbocycles. The number of nitrogens with zero attached hydrogens (tertiary/aromatic N) is 2. The Bertz CT molecular complexity index is 369. The average Bonchev–Trinajstić information content (AvgIpc) is 2.08. The first-order valence-corrected chi connectivity index (χ1v) is 5.03. The van der Waals surface area contributed by atoms with Gasteiger partial charge in [-0.3, -0.25) is 9.98 Å². The van der Waals surface area contributed by atoms with Crippen molar-refractivity contribution in [1.29, 1.82) is 0 Å². The predicted octanol–water partition coefficient (Wildman–Crippen LogP) is 1.83. The van der Waals surface area contributed by atoms with Gasteiger partial charge in [0.1, 0.15) is 0 Å². The summed E-state index contributed by atoms with van der Waals surface area (Å²) in [5, 5.41) is 3.03. The minimum Gasteiger partial charge on any atom is -0.370 e. The smallest absolute Gasteiger partial charge is 0.193 e. The third-order valence-electron chi connectivity index (χ3n) is 1.89. The Labute approximate surface area is 90.6 Å². The first-order valence-electron chi connectivity index (χ1n) is 5.03. The number of rotatable bonds is 2. The summed E-state index contributed by atoms with van der Waals surface area (Å²) in [5.74, 6) is 0.429. The first-order chi connectivity index (χ1) is 6.99. The highest BCUT2D eigenvalue weighted by Crippen LogP contribution is 2.11. The van der Waals surface area contributed by atoms with Gasteiger partial charge in [-0.15, -0.1) is 0 Å². The molecule has 0 amide bonds. The normalized spacial score (nSPS) is 11.9. The van der Waals surface area contributed by atoms with Crippen molar-refractivity contribution < 1.29 is 0 Å². The standard InChI is InChI=1S/C11H18N4/c1-7(2)13-11(12)15-10-6-5-8(3)14-9(10)4/h5-7H,1-4H3,(H3,12,13,15). The molecule has 0 bridgehead atoms. The number of nitrogens with one attached hydrogen (secondary N) is 1. The molecule has 15 heavy (non-hydrogen) atoms. The van der Waals surface area contributed by atoms with E-state index in [1.807, 2.05) is 39.8 Å². The zero-order valence-electron chi connectivity index (χ0n) is 9.70. The van der Waals surface area contributed by atoms with E-state index in [-0.39, 0.29) is 6.04 Å². The van der Waals surface area contributed by atoms with E-state index in [4.69, 9.17) is 5.73 Å². The van der Waals surface area contributed by atoms with Crippen LogP contribution in [0.5, 0.6) is 0 Å². The molecule has 0 atom stereocenters. The summed E-state index contributed by atoms with van der Waals surface area (Å²) in [6.07, 6.45) is 0. The van der Waals surface area contributed by atoms with Gasteiger partial charge in [-0.05, 0) is 39.8 Å². The van der Waals surface area contributed by atoms with E-state index in [2.05, 4.69) is 15.3 Å². The van der Waals surface area contributed by atoms with E-state index in [0.29, 0.717) is 5.96 Å². The molecule has 0 aromatic carbocycles. The Morgan fingerprint density at radius 1 is 1.40 bits per heavy atom. The summed E-state index contributed by atoms with van der Waals surface area (Å²) in [7, 11) is 0. The van der Waals surface area contributed by atoms with Gasteiger partial charge in [-0.2, -0.15) is 0 Å². The Morgan fingerprint density at radius 3 is 2.60 bits per heavy atom. The molecule has 0 radical (unpaired) electrons. The van der Waals surface area contributed by atoms with Crippen LogP contribution in [0.2, 0.25) is 0 Å². The van der Waals surface area contributed by atoms with Gasteiger partial charge in [0.2, 0.25) is 0 Å². The van der Waals surface area contributed by atoms with Gasteiger partial charge in [0, 0.05) is 11.7 Å². The Kier molecular flexibility index (Phi) is 3.66. The molecule has 0 saturated heterocycles. The van der Waals surface area contributed by atoms with Crippen LogP contribution in [0.15, 0.2) is 17.1 Å². The second kappa shape index (κ2) is 4.77. The molecule has 4 nitrogen and oxygen atoms in total. The maximum absolute atomic E-state index is 5.72. The van der Waals surface area contributed by atoms with E-state index < -0.39 is 0 Å². The summed E-state index contributed by atoms with van der Waals surface area (Å²) in [6, 6.07) is 4.09. The summed E-state index contributed by atoms with van der Waals surface area (Å²) >= 11 is 0. The molecular formula is C11H18N4. The van der Waals surface area contributed by atoms with Crippen LogP contribution in [0.25, 0.3) is 0 Å². The number of pyridine rings is 1. The van der Waals surface area contributed by atoms with Crippen LogP contribution in [0.4, 0.5) is 5.69 Å². The molecular weight excluding hydrogens is 188 g/mol. The molecule has 1 rings (SSSR count). The van der Waals surface area contributed by atoms with Crippen molar-refractivity contribution in [2.45, 2.75) is 33.7 Å². The molecule has 0 fully saturated rings. The number of guanidine groups is 1. The minimum atomic E-state index is 0.191. The summed E-state index contributed by atoms with van der Waals surface area (Å²) in [4.78, 5) is 8.52. The number of nitrogens with two attached hydrogens (primary N) is 1. The van der Waals surface area contributed by atoms with Crippen LogP contribution >= 0.6 is 0 Å². The molecule has 0 aliphatic heterocycles. The number of hydrogen-bond acceptors (Lipinski definition) is 2. The SMILES string of the molecule is Cc1ccc(NC(N)=NC(C)C)c(C)n1. The maximum atomic E-state index is 5.72. The molecule has 0 spiro atoms. The van der Waals surface area contributed by atoms with Crippen LogP contribution in [-0.2, 0) is 0 Å². The number of anilines is 1. The Balaban J connectivity index is 2.81. The van der Waals surface area contributed by atoms with Gasteiger partial charge in [-0.1, -0.05) is 0 Å². The van der Waals surface area contributed by atoms with Crippen LogP contribution in [0.1, 0.15) is 25.2 Å². The molecule has 82 valence electrons. The minimum absolute atomic E-state index is 0.191. The lowest BCUT2D eigenvalue weighted by Gasteiger charge is -2.09. The van der Waals surface area contributed by atoms with Gasteiger partial charge >= 0.3 is 0 Å². The summed E-state index contributed by atoms with van der Waals surface area (Å²) in [6.45, 7) is 7.86. The number of aromatic nitrogens is 1. The lowest BCUT2D eigenvalue weighted by Crippen LogP contribution is -2.24. The fourth-order valence-electron chi connectivity index (χ4n) is 1.27. The molecule has 1 aromatic heterocycles. The molecule has 3 N–H and O–H groups in total. The zero-order valence-corrected chi connectivity index (χ0v) is 9.70. The lowest BCUT2D eigenvalue weighted by atomic mass is 10.3. The molecule has 1 heterocycles. The van der Waals surface area contributed by atoms with Gasteiger partial charge in [0.15, 0.2) is 5.96 Å². The van der Waals surface area contributed by atoms with Crippen LogP contribution < -0.4 is 11.1 Å². The average molecular weight is 206 g/mol. The van der Waals surface area contributed by atoms with E-state index in [1.54, 1.807) is 0 Å². The third kappa shape index (κ3) is 3.58. The first kappa shape index (κ1) is 11.5. The quantitative estimate of drug-likeness (QED) is 0.573. The lowest BCUT2D eigenvalue weighted by molar-refractivity contribution is 0.833. The van der Waals surface area contributed by atoms with E-state index >= 15 is 0 Å². The van der Waals surface area contributed by atoms with Gasteiger partial charge < -0.3 is 11.1 Å². The predicted molar refractivity (Wildman–Crippen MR) is 64.1 cm³/mol. The molecule has 0 unspecified atom stereocenters. The topological polar surface area (TPSA) is 63.3 Å². The fourth-order valence-corrected chi connectivity index (χ4v) is 1.27. The van der Waals surface area contributed by atoms with E-state index in [0.717, 1.165) is 17.1 Å². The van der Waals surface area contributed by atoms with Gasteiger partial charge in [-0.25, -0.2) is 0 Å². The van der Waals surface area contributed by atoms with Gasteiger partial charge in [0.05, 0.1) is 11.4 Å². The van der Waals surface area contributed by atoms with Crippen molar-refractivity contribution in [3.63, 3.8) is 0 Å². The maximum Gasteiger partial charge on any atom is 0.193 e. The zero-order chi connectivity index (χ0) is 11.4. The summed E-state index contributed by atoms with van der Waals surface area (Å²) in [5.41, 5.74) is 8.56. The van der Waals surface area contributed by atoms with Crippen molar-refractivity contribution in [2.24, 2.45) is 10.7 Å². The van der Waals surface area contributed by atoms with E-state index in [1.165, 1.54) is 0 Å². The molecule has 1 aromatic rings. The molecule has 0 aliphatic rings. The van der Waals surface area contributed by atoms with Crippen LogP contribution in [0.3, 0.4) is 0 Å². The largest absolute Gasteiger partial charge is 0.370 e. The number of aryl methyl sites for hydroxylation is 2. The number of aliphatic imine (C=N–C) groups is 1. The molecule has 4 heteroatoms. The fraction of sp³-hybridized carbons (Fsp3) is 0.455. The monoisotopic (exact) mass is 206 g/mol. The van der Waals surface area contributed by atoms with Crippen molar-refractivity contribution in [3.8, 4) is 0 Å². The van der Waals surface area contributed by atoms with Crippen molar-refractivity contribution in [2.75, 3.05) is 5.32 Å². The van der Waals surface area contributed by atoms with Crippen LogP contribution in [-0.4, -0.2) is 17.0 Å². The van der Waals surface area contributed by atoms with Crippen molar-refractivity contribution >= 4 is 11.6 Å². The third-order valence-corrected chi connectivity index (χ3v) is 1.89. The summed E-state index contributed by atoms with van der Waals surface area (Å²) < 4.78 is 0. The van der Waals surface area contributed by atoms with Crippen LogP contribution in [0, 0.1) is 13.8 Å². The highest BCUT2D eigenvalue weighted by molar-refractivity contribution is 5.92. The van der Waals surface area contributed by atoms with Gasteiger partial charge in [0.25, 0.3) is 0 Å². The number of hydrogen-bond donors (Lipinski definition) is 2. The van der Waals surface area contributed by atoms with Crippen molar-refractivity contribution in [1.82, 2.24) is 4.98 Å². The molecule has 0 aliphatic carbocycles. The highest BCUT2D eigenvalue weighted by Gasteiger charge is 2.01. The van der Waals surface area contributed by atoms with Crippen molar-refractivity contribution in [3.05, 3.63) is 23.5 Å². The Morgan fingerprint density at radius 2 is 2.07 bits per heavy atom. The van der Waals surface area contributed by atoms with E-state index in [9.17, 15) is 0 Å². The second-order valence-corrected chi connectivity index (χ2v) is 3.82. The second-order valence-electron chi connectivity index (χ2n) is 3.82. The highest BCUT2D eigenvalue weighted by atomic mass is 15.1.